The molecule has 2 aromatic rings. The summed E-state index contributed by atoms with van der Waals surface area (Å²) in [6.07, 6.45) is 10.8. The lowest BCUT2D eigenvalue weighted by Crippen LogP contribution is -2.46. The number of aromatic nitrogens is 1. The standard InChI is InChI=1S/C23H24N2O3/c1-5-15-25(16-6-2)22(18(3)4)23(26)27-17-19-11-10-14-21(24-19)28-20-12-8-7-9-13-20/h1-2,7-14,18,22H,15-17H2,3-4H3. The van der Waals surface area contributed by atoms with E-state index >= 15 is 0 Å². The summed E-state index contributed by atoms with van der Waals surface area (Å²) in [6, 6.07) is 14.2. The van der Waals surface area contributed by atoms with Crippen LogP contribution in [0.1, 0.15) is 19.5 Å². The van der Waals surface area contributed by atoms with E-state index in [1.807, 2.05) is 44.2 Å². The molecule has 1 unspecified atom stereocenters. The number of ether oxygens (including phenoxy) is 2. The second-order valence-corrected chi connectivity index (χ2v) is 6.49. The first kappa shape index (κ1) is 21.0. The summed E-state index contributed by atoms with van der Waals surface area (Å²) in [4.78, 5) is 18.8. The molecule has 0 radical (unpaired) electrons. The Morgan fingerprint density at radius 3 is 2.36 bits per heavy atom. The predicted molar refractivity (Wildman–Crippen MR) is 108 cm³/mol. The number of carbonyl (C=O) groups excluding carboxylic acids is 1. The lowest BCUT2D eigenvalue weighted by atomic mass is 10.0. The van der Waals surface area contributed by atoms with Crippen LogP contribution in [0.5, 0.6) is 11.6 Å². The maximum absolute atomic E-state index is 12.7. The number of benzene rings is 1. The van der Waals surface area contributed by atoms with E-state index in [9.17, 15) is 4.79 Å². The number of rotatable bonds is 9. The number of para-hydroxylation sites is 1. The van der Waals surface area contributed by atoms with Gasteiger partial charge in [0.15, 0.2) is 0 Å². The van der Waals surface area contributed by atoms with Gasteiger partial charge in [0, 0.05) is 6.07 Å². The maximum Gasteiger partial charge on any atom is 0.324 e. The Balaban J connectivity index is 2.03. The fraction of sp³-hybridized carbons (Fsp3) is 0.304. The van der Waals surface area contributed by atoms with Crippen molar-refractivity contribution < 1.29 is 14.3 Å². The number of terminal acetylenes is 2. The number of carbonyl (C=O) groups is 1. The molecule has 1 aromatic heterocycles. The summed E-state index contributed by atoms with van der Waals surface area (Å²) in [5.41, 5.74) is 0.588. The van der Waals surface area contributed by atoms with E-state index in [0.29, 0.717) is 17.3 Å². The molecule has 2 rings (SSSR count). The largest absolute Gasteiger partial charge is 0.458 e. The van der Waals surface area contributed by atoms with Crippen molar-refractivity contribution in [3.63, 3.8) is 0 Å². The second-order valence-electron chi connectivity index (χ2n) is 6.49. The van der Waals surface area contributed by atoms with Crippen LogP contribution in [-0.2, 0) is 16.1 Å². The maximum atomic E-state index is 12.7. The van der Waals surface area contributed by atoms with Gasteiger partial charge in [-0.25, -0.2) is 4.98 Å². The third-order valence-corrected chi connectivity index (χ3v) is 3.96. The molecule has 0 aliphatic rings. The van der Waals surface area contributed by atoms with Crippen molar-refractivity contribution in [2.45, 2.75) is 26.5 Å². The van der Waals surface area contributed by atoms with E-state index in [1.54, 1.807) is 23.1 Å². The molecule has 0 N–H and O–H groups in total. The van der Waals surface area contributed by atoms with Gasteiger partial charge < -0.3 is 9.47 Å². The Labute approximate surface area is 166 Å². The molecule has 0 aliphatic carbocycles. The van der Waals surface area contributed by atoms with Crippen LogP contribution in [-0.4, -0.2) is 35.0 Å². The summed E-state index contributed by atoms with van der Waals surface area (Å²) in [5, 5.41) is 0. The van der Waals surface area contributed by atoms with Gasteiger partial charge in [-0.3, -0.25) is 9.69 Å². The van der Waals surface area contributed by atoms with Crippen molar-refractivity contribution in [1.82, 2.24) is 9.88 Å². The molecule has 0 amide bonds. The highest BCUT2D eigenvalue weighted by molar-refractivity contribution is 5.76. The number of hydrogen-bond acceptors (Lipinski definition) is 5. The van der Waals surface area contributed by atoms with Crippen LogP contribution in [0.3, 0.4) is 0 Å². The van der Waals surface area contributed by atoms with Gasteiger partial charge in [0.25, 0.3) is 0 Å². The molecule has 1 aromatic carbocycles. The van der Waals surface area contributed by atoms with Crippen LogP contribution in [0.2, 0.25) is 0 Å². The third-order valence-electron chi connectivity index (χ3n) is 3.96. The van der Waals surface area contributed by atoms with E-state index in [-0.39, 0.29) is 31.6 Å². The van der Waals surface area contributed by atoms with Crippen molar-refractivity contribution in [1.29, 1.82) is 0 Å². The van der Waals surface area contributed by atoms with Gasteiger partial charge in [-0.05, 0) is 24.1 Å². The van der Waals surface area contributed by atoms with Gasteiger partial charge in [-0.2, -0.15) is 0 Å². The van der Waals surface area contributed by atoms with Crippen LogP contribution in [0.15, 0.2) is 48.5 Å². The van der Waals surface area contributed by atoms with Crippen LogP contribution in [0.25, 0.3) is 0 Å². The molecule has 0 bridgehead atoms. The number of hydrogen-bond donors (Lipinski definition) is 0. The molecular formula is C23H24N2O3. The molecule has 0 spiro atoms. The Morgan fingerprint density at radius 1 is 1.07 bits per heavy atom. The van der Waals surface area contributed by atoms with Crippen molar-refractivity contribution in [3.8, 4) is 36.3 Å². The first-order valence-corrected chi connectivity index (χ1v) is 9.01. The molecule has 144 valence electrons. The summed E-state index contributed by atoms with van der Waals surface area (Å²) in [6.45, 7) is 4.45. The molecule has 1 atom stereocenters. The average molecular weight is 376 g/mol. The van der Waals surface area contributed by atoms with Crippen molar-refractivity contribution in [2.24, 2.45) is 5.92 Å². The zero-order chi connectivity index (χ0) is 20.4. The molecular weight excluding hydrogens is 352 g/mol. The monoisotopic (exact) mass is 376 g/mol. The Bertz CT molecular complexity index is 834. The predicted octanol–water partition coefficient (Wildman–Crippen LogP) is 3.51. The van der Waals surface area contributed by atoms with Gasteiger partial charge >= 0.3 is 5.97 Å². The number of esters is 1. The SMILES string of the molecule is C#CCN(CC#C)C(C(=O)OCc1cccc(Oc2ccccc2)n1)C(C)C. The quantitative estimate of drug-likeness (QED) is 0.495. The molecule has 0 fully saturated rings. The molecule has 0 saturated heterocycles. The fourth-order valence-corrected chi connectivity index (χ4v) is 2.76. The van der Waals surface area contributed by atoms with E-state index in [0.717, 1.165) is 0 Å². The molecule has 5 nitrogen and oxygen atoms in total. The highest BCUT2D eigenvalue weighted by atomic mass is 16.5. The molecule has 1 heterocycles. The van der Waals surface area contributed by atoms with Crippen molar-refractivity contribution in [3.05, 3.63) is 54.2 Å². The Morgan fingerprint density at radius 2 is 1.75 bits per heavy atom. The van der Waals surface area contributed by atoms with E-state index in [2.05, 4.69) is 16.8 Å². The van der Waals surface area contributed by atoms with Crippen molar-refractivity contribution in [2.75, 3.05) is 13.1 Å². The van der Waals surface area contributed by atoms with Crippen LogP contribution in [0, 0.1) is 30.6 Å². The summed E-state index contributed by atoms with van der Waals surface area (Å²) in [5.74, 6) is 5.81. The summed E-state index contributed by atoms with van der Waals surface area (Å²) < 4.78 is 11.2. The van der Waals surface area contributed by atoms with Gasteiger partial charge in [0.05, 0.1) is 18.8 Å². The first-order chi connectivity index (χ1) is 13.5. The zero-order valence-corrected chi connectivity index (χ0v) is 16.2. The van der Waals surface area contributed by atoms with E-state index in [4.69, 9.17) is 22.3 Å². The second kappa shape index (κ2) is 10.8. The topological polar surface area (TPSA) is 51.7 Å². The minimum absolute atomic E-state index is 0.00472. The normalized spacial score (nSPS) is 11.5. The molecule has 0 aliphatic heterocycles. The first-order valence-electron chi connectivity index (χ1n) is 9.01. The number of nitrogens with zero attached hydrogens (tertiary/aromatic N) is 2. The molecule has 0 saturated carbocycles. The van der Waals surface area contributed by atoms with Crippen LogP contribution in [0.4, 0.5) is 0 Å². The lowest BCUT2D eigenvalue weighted by molar-refractivity contribution is -0.152. The summed E-state index contributed by atoms with van der Waals surface area (Å²) in [7, 11) is 0. The van der Waals surface area contributed by atoms with E-state index < -0.39 is 6.04 Å². The van der Waals surface area contributed by atoms with E-state index in [1.165, 1.54) is 0 Å². The van der Waals surface area contributed by atoms with Gasteiger partial charge in [-0.15, -0.1) is 12.8 Å². The Hall–Kier alpha value is -3.28. The Kier molecular flexibility index (Phi) is 8.09. The third kappa shape index (κ3) is 6.16. The zero-order valence-electron chi connectivity index (χ0n) is 16.2. The van der Waals surface area contributed by atoms with Gasteiger partial charge in [-0.1, -0.05) is 50.0 Å². The number of pyridine rings is 1. The van der Waals surface area contributed by atoms with Gasteiger partial charge in [0.2, 0.25) is 5.88 Å². The fourth-order valence-electron chi connectivity index (χ4n) is 2.76. The van der Waals surface area contributed by atoms with Crippen molar-refractivity contribution >= 4 is 5.97 Å². The average Bonchev–Trinajstić information content (AvgIpc) is 2.68. The van der Waals surface area contributed by atoms with Gasteiger partial charge in [0.1, 0.15) is 18.4 Å². The molecule has 5 heteroatoms. The highest BCUT2D eigenvalue weighted by Gasteiger charge is 2.29. The highest BCUT2D eigenvalue weighted by Crippen LogP contribution is 2.19. The lowest BCUT2D eigenvalue weighted by Gasteiger charge is -2.29. The van der Waals surface area contributed by atoms with Crippen LogP contribution >= 0.6 is 0 Å². The minimum Gasteiger partial charge on any atom is -0.458 e. The summed E-state index contributed by atoms with van der Waals surface area (Å²) >= 11 is 0. The smallest absolute Gasteiger partial charge is 0.324 e. The van der Waals surface area contributed by atoms with Crippen LogP contribution < -0.4 is 4.74 Å². The minimum atomic E-state index is -0.518. The molecule has 28 heavy (non-hydrogen) atoms.